The van der Waals surface area contributed by atoms with Gasteiger partial charge < -0.3 is 15.2 Å². The Balaban J connectivity index is 1.55. The molecule has 7 nitrogen and oxygen atoms in total. The molecule has 1 aromatic heterocycles. The van der Waals surface area contributed by atoms with Crippen molar-refractivity contribution in [3.05, 3.63) is 51.1 Å². The number of carbonyl (C=O) groups excluding carboxylic acids is 2. The highest BCUT2D eigenvalue weighted by Gasteiger charge is 2.31. The number of nitrogens with one attached hydrogen (secondary N) is 1. The Bertz CT molecular complexity index is 1150. The van der Waals surface area contributed by atoms with Crippen LogP contribution in [0.1, 0.15) is 56.9 Å². The number of carbonyl (C=O) groups is 3. The summed E-state index contributed by atoms with van der Waals surface area (Å²) in [6.45, 7) is 6.36. The molecule has 1 aliphatic rings. The van der Waals surface area contributed by atoms with Gasteiger partial charge in [-0.15, -0.1) is 11.3 Å². The molecule has 0 aliphatic carbocycles. The molecule has 1 fully saturated rings. The Labute approximate surface area is 224 Å². The maximum absolute atomic E-state index is 12.8. The van der Waals surface area contributed by atoms with Crippen molar-refractivity contribution in [2.24, 2.45) is 0 Å². The number of carboxylic acid groups (broad SMARTS) is 1. The smallest absolute Gasteiger partial charge is 0.407 e. The molecular formula is C26H30N2O5S3. The van der Waals surface area contributed by atoms with Gasteiger partial charge in [0.1, 0.15) is 9.92 Å². The molecular weight excluding hydrogens is 516 g/mol. The first-order valence-electron chi connectivity index (χ1n) is 11.6. The van der Waals surface area contributed by atoms with E-state index in [4.69, 9.17) is 22.1 Å². The average Bonchev–Trinajstić information content (AvgIpc) is 3.36. The molecule has 1 saturated heterocycles. The van der Waals surface area contributed by atoms with Crippen LogP contribution in [0.2, 0.25) is 0 Å². The summed E-state index contributed by atoms with van der Waals surface area (Å²) < 4.78 is 5.80. The van der Waals surface area contributed by atoms with Gasteiger partial charge in [0.25, 0.3) is 5.91 Å². The van der Waals surface area contributed by atoms with Gasteiger partial charge in [-0.3, -0.25) is 14.5 Å². The first-order chi connectivity index (χ1) is 17.0. The minimum atomic E-state index is -0.801. The first kappa shape index (κ1) is 27.9. The Morgan fingerprint density at radius 1 is 1.14 bits per heavy atom. The molecule has 0 bridgehead atoms. The molecule has 2 N–H and O–H groups in total. The number of thiophene rings is 1. The van der Waals surface area contributed by atoms with Crippen molar-refractivity contribution < 1.29 is 24.2 Å². The molecule has 1 aliphatic heterocycles. The van der Waals surface area contributed by atoms with Gasteiger partial charge in [-0.2, -0.15) is 0 Å². The number of hydrogen-bond acceptors (Lipinski definition) is 7. The molecule has 2 heterocycles. The number of aliphatic carboxylic acids is 1. The topological polar surface area (TPSA) is 95.9 Å². The highest BCUT2D eigenvalue weighted by Crippen LogP contribution is 2.35. The van der Waals surface area contributed by atoms with E-state index in [-0.39, 0.29) is 12.3 Å². The number of rotatable bonds is 10. The van der Waals surface area contributed by atoms with Crippen molar-refractivity contribution in [1.29, 1.82) is 0 Å². The molecule has 0 atom stereocenters. The molecule has 3 rings (SSSR count). The second kappa shape index (κ2) is 12.5. The summed E-state index contributed by atoms with van der Waals surface area (Å²) in [5.41, 5.74) is 2.52. The number of thioether (sulfide) groups is 1. The minimum Gasteiger partial charge on any atom is -0.481 e. The third-order valence-electron chi connectivity index (χ3n) is 5.16. The molecule has 2 amide bonds. The van der Waals surface area contributed by atoms with Crippen LogP contribution in [0, 0.1) is 0 Å². The van der Waals surface area contributed by atoms with Gasteiger partial charge in [0.05, 0.1) is 4.91 Å². The van der Waals surface area contributed by atoms with Gasteiger partial charge >= 0.3 is 12.1 Å². The Morgan fingerprint density at radius 2 is 1.86 bits per heavy atom. The highest BCUT2D eigenvalue weighted by molar-refractivity contribution is 8.26. The zero-order chi connectivity index (χ0) is 26.3. The molecule has 0 radical (unpaired) electrons. The lowest BCUT2D eigenvalue weighted by Crippen LogP contribution is -2.32. The van der Waals surface area contributed by atoms with Gasteiger partial charge in [0, 0.05) is 24.4 Å². The van der Waals surface area contributed by atoms with E-state index in [2.05, 4.69) is 5.32 Å². The number of thiocarbonyl (C=S) groups is 1. The van der Waals surface area contributed by atoms with E-state index in [1.54, 1.807) is 16.2 Å². The van der Waals surface area contributed by atoms with Crippen molar-refractivity contribution in [3.63, 3.8) is 0 Å². The van der Waals surface area contributed by atoms with E-state index in [9.17, 15) is 14.4 Å². The van der Waals surface area contributed by atoms with Crippen LogP contribution < -0.4 is 5.32 Å². The molecule has 192 valence electrons. The molecule has 0 saturated carbocycles. The number of unbranched alkanes of at least 4 members (excludes halogenated alkanes) is 2. The minimum absolute atomic E-state index is 0.0972. The predicted molar refractivity (Wildman–Crippen MR) is 149 cm³/mol. The van der Waals surface area contributed by atoms with Gasteiger partial charge in [-0.1, -0.05) is 54.7 Å². The second-order valence-electron chi connectivity index (χ2n) is 9.33. The van der Waals surface area contributed by atoms with E-state index < -0.39 is 17.7 Å². The van der Waals surface area contributed by atoms with Crippen LogP contribution in [-0.4, -0.2) is 44.4 Å². The van der Waals surface area contributed by atoms with E-state index in [0.717, 1.165) is 34.4 Å². The van der Waals surface area contributed by atoms with Crippen LogP contribution in [0.5, 0.6) is 0 Å². The summed E-state index contributed by atoms with van der Waals surface area (Å²) in [6.07, 6.45) is 3.63. The lowest BCUT2D eigenvalue weighted by molar-refractivity contribution is -0.137. The summed E-state index contributed by atoms with van der Waals surface area (Å²) in [6, 6.07) is 9.97. The molecule has 10 heteroatoms. The van der Waals surface area contributed by atoms with E-state index in [0.29, 0.717) is 28.7 Å². The third kappa shape index (κ3) is 8.46. The molecule has 1 aromatic carbocycles. The third-order valence-corrected chi connectivity index (χ3v) is 7.42. The largest absolute Gasteiger partial charge is 0.481 e. The van der Waals surface area contributed by atoms with Gasteiger partial charge in [-0.25, -0.2) is 4.79 Å². The number of alkyl carbamates (subject to hydrolysis) is 1. The monoisotopic (exact) mass is 546 g/mol. The van der Waals surface area contributed by atoms with Crippen LogP contribution in [0.3, 0.4) is 0 Å². The van der Waals surface area contributed by atoms with E-state index in [1.807, 2.05) is 62.6 Å². The summed E-state index contributed by atoms with van der Waals surface area (Å²) in [4.78, 5) is 38.4. The number of amides is 2. The van der Waals surface area contributed by atoms with Crippen molar-refractivity contribution in [2.75, 3.05) is 6.54 Å². The predicted octanol–water partition coefficient (Wildman–Crippen LogP) is 6.29. The zero-order valence-corrected chi connectivity index (χ0v) is 23.0. The number of ether oxygens (including phenoxy) is 1. The summed E-state index contributed by atoms with van der Waals surface area (Å²) >= 11 is 8.24. The lowest BCUT2D eigenvalue weighted by Gasteiger charge is -2.19. The zero-order valence-electron chi connectivity index (χ0n) is 20.5. The summed E-state index contributed by atoms with van der Waals surface area (Å²) in [7, 11) is 0. The SMILES string of the molecule is CC(C)(C)OC(=O)NCc1ccc(-c2csc(C=C3SC(=S)N(CCCCCC(=O)O)C3=O)c2)cc1. The summed E-state index contributed by atoms with van der Waals surface area (Å²) in [5.74, 6) is -0.898. The fourth-order valence-corrected chi connectivity index (χ4v) is 5.65. The number of carboxylic acids is 1. The van der Waals surface area contributed by atoms with E-state index in [1.165, 1.54) is 11.8 Å². The fraction of sp³-hybridized carbons (Fsp3) is 0.385. The Kier molecular flexibility index (Phi) is 9.69. The normalized spacial score (nSPS) is 15.0. The van der Waals surface area contributed by atoms with E-state index >= 15 is 0 Å². The quantitative estimate of drug-likeness (QED) is 0.205. The lowest BCUT2D eigenvalue weighted by atomic mass is 10.1. The van der Waals surface area contributed by atoms with Crippen LogP contribution in [0.4, 0.5) is 4.79 Å². The maximum Gasteiger partial charge on any atom is 0.407 e. The van der Waals surface area contributed by atoms with Gasteiger partial charge in [0.15, 0.2) is 0 Å². The number of hydrogen-bond donors (Lipinski definition) is 2. The number of nitrogens with zero attached hydrogens (tertiary/aromatic N) is 1. The van der Waals surface area contributed by atoms with Gasteiger partial charge in [-0.05, 0) is 67.8 Å². The first-order valence-corrected chi connectivity index (χ1v) is 13.7. The average molecular weight is 547 g/mol. The fourth-order valence-electron chi connectivity index (χ4n) is 3.43. The molecule has 0 spiro atoms. The van der Waals surface area contributed by atoms with Crippen LogP contribution in [-0.2, 0) is 20.9 Å². The molecule has 2 aromatic rings. The van der Waals surface area contributed by atoms with Crippen LogP contribution in [0.25, 0.3) is 17.2 Å². The van der Waals surface area contributed by atoms with Gasteiger partial charge in [0.2, 0.25) is 0 Å². The number of benzene rings is 1. The second-order valence-corrected chi connectivity index (χ2v) is 11.9. The summed E-state index contributed by atoms with van der Waals surface area (Å²) in [5, 5.41) is 13.5. The highest BCUT2D eigenvalue weighted by atomic mass is 32.2. The Hall–Kier alpha value is -2.69. The maximum atomic E-state index is 12.8. The molecule has 36 heavy (non-hydrogen) atoms. The van der Waals surface area contributed by atoms with Crippen molar-refractivity contribution in [1.82, 2.24) is 10.2 Å². The Morgan fingerprint density at radius 3 is 2.53 bits per heavy atom. The standard InChI is InChI=1S/C26H30N2O5S3/c1-26(2,3)33-24(32)27-15-17-8-10-18(11-9-17)19-13-20(35-16-19)14-21-23(31)28(25(34)36-21)12-6-4-5-7-22(29)30/h8-11,13-14,16H,4-7,12,15H2,1-3H3,(H,27,32)(H,29,30). The van der Waals surface area contributed by atoms with Crippen molar-refractivity contribution in [2.45, 2.75) is 58.6 Å². The van der Waals surface area contributed by atoms with Crippen LogP contribution >= 0.6 is 35.3 Å². The molecule has 0 unspecified atom stereocenters. The van der Waals surface area contributed by atoms with Crippen molar-refractivity contribution >= 4 is 63.7 Å². The van der Waals surface area contributed by atoms with Crippen LogP contribution in [0.15, 0.2) is 40.6 Å². The van der Waals surface area contributed by atoms with Crippen molar-refractivity contribution in [3.8, 4) is 11.1 Å².